The monoisotopic (exact) mass is 499 g/mol. The number of imidazole rings is 1. The van der Waals surface area contributed by atoms with Crippen LogP contribution in [0.25, 0.3) is 22.3 Å². The quantitative estimate of drug-likeness (QED) is 0.384. The number of likely N-dealkylation sites (tertiary alicyclic amines) is 1. The first-order chi connectivity index (χ1) is 18.0. The fourth-order valence-corrected chi connectivity index (χ4v) is 5.39. The topological polar surface area (TPSA) is 113 Å². The summed E-state index contributed by atoms with van der Waals surface area (Å²) in [7, 11) is 7.19. The summed E-state index contributed by atoms with van der Waals surface area (Å²) in [5, 5.41) is 6.37. The number of benzene rings is 1. The van der Waals surface area contributed by atoms with Crippen molar-refractivity contribution in [1.29, 1.82) is 0 Å². The molecule has 5 heterocycles. The third-order valence-corrected chi connectivity index (χ3v) is 7.38. The number of nitrogens with zero attached hydrogens (tertiary/aromatic N) is 7. The summed E-state index contributed by atoms with van der Waals surface area (Å²) in [6, 6.07) is 9.41. The first kappa shape index (κ1) is 23.2. The highest BCUT2D eigenvalue weighted by molar-refractivity contribution is 5.98. The van der Waals surface area contributed by atoms with Gasteiger partial charge in [-0.15, -0.1) is 0 Å². The molecule has 11 heteroatoms. The van der Waals surface area contributed by atoms with Gasteiger partial charge in [0.2, 0.25) is 0 Å². The van der Waals surface area contributed by atoms with Crippen LogP contribution in [0.4, 0.5) is 23.0 Å². The van der Waals surface area contributed by atoms with E-state index < -0.39 is 5.97 Å². The molecule has 37 heavy (non-hydrogen) atoms. The van der Waals surface area contributed by atoms with Gasteiger partial charge >= 0.3 is 5.97 Å². The number of likely N-dealkylation sites (N-methyl/N-ethyl adjacent to an activating group) is 1. The Morgan fingerprint density at radius 3 is 2.54 bits per heavy atom. The zero-order valence-electron chi connectivity index (χ0n) is 21.3. The minimum Gasteiger partial charge on any atom is -0.464 e. The van der Waals surface area contributed by atoms with Crippen LogP contribution >= 0.6 is 0 Å². The number of fused-ring (bicyclic) bond motifs is 3. The van der Waals surface area contributed by atoms with E-state index in [9.17, 15) is 4.79 Å². The normalized spacial score (nSPS) is 19.0. The van der Waals surface area contributed by atoms with Crippen LogP contribution in [0.1, 0.15) is 16.9 Å². The molecule has 0 amide bonds. The Labute approximate surface area is 214 Å². The Hall–Kier alpha value is -4.25. The van der Waals surface area contributed by atoms with E-state index in [4.69, 9.17) is 9.72 Å². The minimum atomic E-state index is -0.589. The van der Waals surface area contributed by atoms with Gasteiger partial charge in [0.05, 0.1) is 30.7 Å². The van der Waals surface area contributed by atoms with Gasteiger partial charge in [0, 0.05) is 56.8 Å². The molecule has 2 aliphatic rings. The number of ether oxygens (including phenoxy) is 1. The Morgan fingerprint density at radius 2 is 1.86 bits per heavy atom. The highest BCUT2D eigenvalue weighted by Gasteiger charge is 2.41. The number of carbonyl (C=O) groups excluding carboxylic acids is 1. The summed E-state index contributed by atoms with van der Waals surface area (Å²) < 4.78 is 6.93. The van der Waals surface area contributed by atoms with Crippen LogP contribution in [0.2, 0.25) is 0 Å². The van der Waals surface area contributed by atoms with Crippen molar-refractivity contribution in [3.8, 4) is 11.3 Å². The van der Waals surface area contributed by atoms with Gasteiger partial charge in [-0.2, -0.15) is 0 Å². The van der Waals surface area contributed by atoms with E-state index in [0.717, 1.165) is 29.8 Å². The van der Waals surface area contributed by atoms with Crippen molar-refractivity contribution in [2.45, 2.75) is 18.5 Å². The maximum absolute atomic E-state index is 12.8. The number of piperazine rings is 1. The molecule has 2 fully saturated rings. The number of aryl methyl sites for hydroxylation is 1. The fourth-order valence-electron chi connectivity index (χ4n) is 5.39. The van der Waals surface area contributed by atoms with Crippen molar-refractivity contribution in [1.82, 2.24) is 29.4 Å². The Balaban J connectivity index is 1.34. The Bertz CT molecular complexity index is 1480. The molecule has 2 saturated heterocycles. The number of nitrogens with one attached hydrogen (secondary N) is 2. The minimum absolute atomic E-state index is 0.0772. The summed E-state index contributed by atoms with van der Waals surface area (Å²) in [6.07, 6.45) is 6.35. The molecule has 1 aromatic carbocycles. The van der Waals surface area contributed by atoms with E-state index in [1.807, 2.05) is 23.7 Å². The third kappa shape index (κ3) is 3.91. The van der Waals surface area contributed by atoms with Crippen LogP contribution in [0.15, 0.2) is 43.0 Å². The molecule has 3 aromatic heterocycles. The Kier molecular flexibility index (Phi) is 5.64. The molecule has 0 unspecified atom stereocenters. The van der Waals surface area contributed by atoms with E-state index >= 15 is 0 Å². The number of hydrogen-bond donors (Lipinski definition) is 2. The second-order valence-electron chi connectivity index (χ2n) is 9.58. The van der Waals surface area contributed by atoms with E-state index in [2.05, 4.69) is 54.6 Å². The molecule has 11 nitrogen and oxygen atoms in total. The number of rotatable bonds is 6. The van der Waals surface area contributed by atoms with Crippen LogP contribution in [0.5, 0.6) is 0 Å². The van der Waals surface area contributed by atoms with E-state index in [0.29, 0.717) is 35.0 Å². The molecule has 2 bridgehead atoms. The van der Waals surface area contributed by atoms with Gasteiger partial charge < -0.3 is 24.8 Å². The number of pyridine rings is 1. The smallest absolute Gasteiger partial charge is 0.360 e. The second-order valence-corrected chi connectivity index (χ2v) is 9.58. The number of methoxy groups -OCH3 is 1. The average molecular weight is 500 g/mol. The summed E-state index contributed by atoms with van der Waals surface area (Å²) in [4.78, 5) is 36.0. The number of aromatic nitrogens is 5. The average Bonchev–Trinajstić information content (AvgIpc) is 3.62. The van der Waals surface area contributed by atoms with E-state index in [1.54, 1.807) is 25.8 Å². The fraction of sp³-hybridized carbons (Fsp3) is 0.346. The second kappa shape index (κ2) is 9.00. The molecule has 0 spiro atoms. The van der Waals surface area contributed by atoms with Gasteiger partial charge in [-0.1, -0.05) is 0 Å². The third-order valence-electron chi connectivity index (χ3n) is 7.38. The number of anilines is 4. The maximum Gasteiger partial charge on any atom is 0.360 e. The van der Waals surface area contributed by atoms with E-state index in [-0.39, 0.29) is 5.69 Å². The van der Waals surface area contributed by atoms with Crippen molar-refractivity contribution in [2.24, 2.45) is 7.05 Å². The molecule has 190 valence electrons. The molecular weight excluding hydrogens is 470 g/mol. The van der Waals surface area contributed by atoms with Gasteiger partial charge in [0.15, 0.2) is 17.3 Å². The lowest BCUT2D eigenvalue weighted by Crippen LogP contribution is -2.44. The molecular formula is C26H29N9O2. The number of carbonyl (C=O) groups is 1. The number of hydrogen-bond acceptors (Lipinski definition) is 10. The zero-order valence-corrected chi connectivity index (χ0v) is 21.3. The van der Waals surface area contributed by atoms with Crippen LogP contribution in [0, 0.1) is 0 Å². The molecule has 2 N–H and O–H groups in total. The highest BCUT2D eigenvalue weighted by atomic mass is 16.5. The largest absolute Gasteiger partial charge is 0.464 e. The van der Waals surface area contributed by atoms with Crippen molar-refractivity contribution < 1.29 is 9.53 Å². The lowest BCUT2D eigenvalue weighted by atomic mass is 10.1. The predicted molar refractivity (Wildman–Crippen MR) is 142 cm³/mol. The summed E-state index contributed by atoms with van der Waals surface area (Å²) in [5.41, 5.74) is 4.78. The lowest BCUT2D eigenvalue weighted by molar-refractivity contribution is 0.0595. The maximum atomic E-state index is 12.8. The standard InChI is InChI=1S/C26H29N9O2/c1-27-24-22(19-10-28-11-20-21(19)29-14-34(20)3)31-23(26(36)37-4)25(32-24)30-15-5-7-16(8-6-15)35-13-17-9-18(35)12-33(17)2/h5-8,10-11,14,17-18H,9,12-13H2,1-4H3,(H2,27,30,32)/t17-,18-/m0/s1. The van der Waals surface area contributed by atoms with Gasteiger partial charge in [0.25, 0.3) is 0 Å². The van der Waals surface area contributed by atoms with Crippen molar-refractivity contribution >= 4 is 40.0 Å². The molecule has 0 saturated carbocycles. The van der Waals surface area contributed by atoms with Crippen molar-refractivity contribution in [3.63, 3.8) is 0 Å². The zero-order chi connectivity index (χ0) is 25.7. The SMILES string of the molecule is CNc1nc(Nc2ccc(N3C[C@@H]4C[C@H]3CN4C)cc2)c(C(=O)OC)nc1-c1cncc2c1ncn2C. The van der Waals surface area contributed by atoms with Gasteiger partial charge in [-0.3, -0.25) is 9.88 Å². The van der Waals surface area contributed by atoms with Crippen molar-refractivity contribution in [2.75, 3.05) is 49.8 Å². The van der Waals surface area contributed by atoms with Gasteiger partial charge in [-0.05, 0) is 37.7 Å². The molecule has 6 rings (SSSR count). The van der Waals surface area contributed by atoms with E-state index in [1.165, 1.54) is 19.2 Å². The first-order valence-electron chi connectivity index (χ1n) is 12.2. The van der Waals surface area contributed by atoms with Crippen molar-refractivity contribution in [3.05, 3.63) is 48.7 Å². The lowest BCUT2D eigenvalue weighted by Gasteiger charge is -2.33. The molecule has 2 atom stereocenters. The Morgan fingerprint density at radius 1 is 1.05 bits per heavy atom. The predicted octanol–water partition coefficient (Wildman–Crippen LogP) is 2.89. The summed E-state index contributed by atoms with van der Waals surface area (Å²) >= 11 is 0. The van der Waals surface area contributed by atoms with Crippen LogP contribution in [-0.2, 0) is 11.8 Å². The van der Waals surface area contributed by atoms with Crippen LogP contribution in [0.3, 0.4) is 0 Å². The van der Waals surface area contributed by atoms with Gasteiger partial charge in [-0.25, -0.2) is 19.7 Å². The molecule has 2 aliphatic heterocycles. The molecule has 0 aliphatic carbocycles. The first-order valence-corrected chi connectivity index (χ1v) is 12.2. The van der Waals surface area contributed by atoms with Gasteiger partial charge in [0.1, 0.15) is 11.2 Å². The van der Waals surface area contributed by atoms with Crippen LogP contribution < -0.4 is 15.5 Å². The number of esters is 1. The summed E-state index contributed by atoms with van der Waals surface area (Å²) in [6.45, 7) is 2.15. The molecule has 0 radical (unpaired) electrons. The van der Waals surface area contributed by atoms with Crippen LogP contribution in [-0.4, -0.2) is 81.8 Å². The molecule has 4 aromatic rings. The summed E-state index contributed by atoms with van der Waals surface area (Å²) in [5.74, 6) is 0.202. The highest BCUT2D eigenvalue weighted by Crippen LogP contribution is 2.35.